The average molecular weight is 294 g/mol. The highest BCUT2D eigenvalue weighted by molar-refractivity contribution is 5.85. The quantitative estimate of drug-likeness (QED) is 0.783. The molecule has 0 heterocycles. The van der Waals surface area contributed by atoms with Crippen LogP contribution in [0.5, 0.6) is 11.5 Å². The summed E-state index contributed by atoms with van der Waals surface area (Å²) in [6.45, 7) is 3.71. The van der Waals surface area contributed by atoms with Crippen LogP contribution in [0.3, 0.4) is 0 Å². The number of nitrogens with one attached hydrogen (secondary N) is 2. The molecule has 0 saturated heterocycles. The first-order valence-corrected chi connectivity index (χ1v) is 6.73. The number of amides is 2. The smallest absolute Gasteiger partial charge is 0.239 e. The summed E-state index contributed by atoms with van der Waals surface area (Å²) < 4.78 is 10.3. The zero-order chi connectivity index (χ0) is 15.8. The molecule has 0 bridgehead atoms. The Balaban J connectivity index is 2.53. The van der Waals surface area contributed by atoms with Crippen molar-refractivity contribution < 1.29 is 19.1 Å². The van der Waals surface area contributed by atoms with E-state index in [1.54, 1.807) is 25.3 Å². The van der Waals surface area contributed by atoms with Crippen LogP contribution in [-0.2, 0) is 16.0 Å². The fourth-order valence-corrected chi connectivity index (χ4v) is 1.79. The van der Waals surface area contributed by atoms with Gasteiger partial charge in [-0.05, 0) is 31.5 Å². The molecule has 0 aromatic heterocycles. The zero-order valence-electron chi connectivity index (χ0n) is 12.9. The van der Waals surface area contributed by atoms with Crippen LogP contribution in [-0.4, -0.2) is 38.6 Å². The van der Waals surface area contributed by atoms with Crippen LogP contribution in [0.15, 0.2) is 18.2 Å². The van der Waals surface area contributed by atoms with Gasteiger partial charge in [0.2, 0.25) is 11.8 Å². The molecule has 1 aromatic carbocycles. The molecule has 6 heteroatoms. The summed E-state index contributed by atoms with van der Waals surface area (Å²) in [6.07, 6.45) is 0.176. The standard InChI is InChI=1S/C15H22N2O4/c1-10(2)17-15(19)9-16-14(18)8-11-5-6-12(20-3)13(7-11)21-4/h5-7,10H,8-9H2,1-4H3,(H,16,18)(H,17,19). The number of ether oxygens (including phenoxy) is 2. The normalized spacial score (nSPS) is 10.1. The summed E-state index contributed by atoms with van der Waals surface area (Å²) in [6, 6.07) is 5.33. The molecule has 0 atom stereocenters. The first-order valence-electron chi connectivity index (χ1n) is 6.73. The van der Waals surface area contributed by atoms with E-state index in [0.29, 0.717) is 11.5 Å². The minimum atomic E-state index is -0.221. The Morgan fingerprint density at radius 1 is 1.10 bits per heavy atom. The van der Waals surface area contributed by atoms with Crippen molar-refractivity contribution in [3.8, 4) is 11.5 Å². The van der Waals surface area contributed by atoms with Crippen molar-refractivity contribution in [3.63, 3.8) is 0 Å². The highest BCUT2D eigenvalue weighted by Crippen LogP contribution is 2.27. The average Bonchev–Trinajstić information content (AvgIpc) is 2.44. The van der Waals surface area contributed by atoms with Crippen molar-refractivity contribution in [3.05, 3.63) is 23.8 Å². The second-order valence-electron chi connectivity index (χ2n) is 4.87. The molecule has 0 saturated carbocycles. The number of carbonyl (C=O) groups excluding carboxylic acids is 2. The Labute approximate surface area is 124 Å². The lowest BCUT2D eigenvalue weighted by Gasteiger charge is -2.11. The minimum Gasteiger partial charge on any atom is -0.493 e. The maximum Gasteiger partial charge on any atom is 0.239 e. The van der Waals surface area contributed by atoms with Gasteiger partial charge in [-0.25, -0.2) is 0 Å². The first-order chi connectivity index (χ1) is 9.96. The lowest BCUT2D eigenvalue weighted by atomic mass is 10.1. The summed E-state index contributed by atoms with van der Waals surface area (Å²) in [5, 5.41) is 5.28. The minimum absolute atomic E-state index is 0.0235. The molecule has 0 unspecified atom stereocenters. The molecule has 0 fully saturated rings. The molecule has 6 nitrogen and oxygen atoms in total. The second kappa shape index (κ2) is 8.14. The Morgan fingerprint density at radius 3 is 2.33 bits per heavy atom. The predicted molar refractivity (Wildman–Crippen MR) is 79.5 cm³/mol. The number of hydrogen-bond donors (Lipinski definition) is 2. The molecule has 2 amide bonds. The number of hydrogen-bond acceptors (Lipinski definition) is 4. The number of benzene rings is 1. The maximum atomic E-state index is 11.8. The van der Waals surface area contributed by atoms with Gasteiger partial charge in [0, 0.05) is 6.04 Å². The Hall–Kier alpha value is -2.24. The van der Waals surface area contributed by atoms with E-state index >= 15 is 0 Å². The van der Waals surface area contributed by atoms with Crippen LogP contribution >= 0.6 is 0 Å². The van der Waals surface area contributed by atoms with E-state index in [-0.39, 0.29) is 30.8 Å². The van der Waals surface area contributed by atoms with Gasteiger partial charge in [0.15, 0.2) is 11.5 Å². The fraction of sp³-hybridized carbons (Fsp3) is 0.467. The van der Waals surface area contributed by atoms with E-state index < -0.39 is 0 Å². The topological polar surface area (TPSA) is 76.7 Å². The van der Waals surface area contributed by atoms with Gasteiger partial charge < -0.3 is 20.1 Å². The molecule has 1 aromatic rings. The van der Waals surface area contributed by atoms with Crippen molar-refractivity contribution in [1.29, 1.82) is 0 Å². The van der Waals surface area contributed by atoms with Gasteiger partial charge in [-0.3, -0.25) is 9.59 Å². The van der Waals surface area contributed by atoms with Crippen molar-refractivity contribution in [2.75, 3.05) is 20.8 Å². The molecule has 0 radical (unpaired) electrons. The van der Waals surface area contributed by atoms with E-state index in [2.05, 4.69) is 10.6 Å². The fourth-order valence-electron chi connectivity index (χ4n) is 1.79. The van der Waals surface area contributed by atoms with Gasteiger partial charge in [0.1, 0.15) is 0 Å². The van der Waals surface area contributed by atoms with E-state index in [9.17, 15) is 9.59 Å². The molecular weight excluding hydrogens is 272 g/mol. The van der Waals surface area contributed by atoms with E-state index in [0.717, 1.165) is 5.56 Å². The lowest BCUT2D eigenvalue weighted by molar-refractivity contribution is -0.126. The third-order valence-electron chi connectivity index (χ3n) is 2.71. The molecule has 0 aliphatic rings. The van der Waals surface area contributed by atoms with Crippen molar-refractivity contribution in [2.24, 2.45) is 0 Å². The third kappa shape index (κ3) is 5.72. The Bertz CT molecular complexity index is 500. The lowest BCUT2D eigenvalue weighted by Crippen LogP contribution is -2.40. The first kappa shape index (κ1) is 16.8. The third-order valence-corrected chi connectivity index (χ3v) is 2.71. The maximum absolute atomic E-state index is 11.8. The summed E-state index contributed by atoms with van der Waals surface area (Å²) in [5.74, 6) is 0.755. The summed E-state index contributed by atoms with van der Waals surface area (Å²) >= 11 is 0. The van der Waals surface area contributed by atoms with Crippen LogP contribution in [0.4, 0.5) is 0 Å². The summed E-state index contributed by atoms with van der Waals surface area (Å²) in [7, 11) is 3.09. The van der Waals surface area contributed by atoms with Gasteiger partial charge in [0.25, 0.3) is 0 Å². The van der Waals surface area contributed by atoms with Crippen LogP contribution in [0.1, 0.15) is 19.4 Å². The largest absolute Gasteiger partial charge is 0.493 e. The summed E-state index contributed by atoms with van der Waals surface area (Å²) in [4.78, 5) is 23.2. The van der Waals surface area contributed by atoms with Gasteiger partial charge in [-0.2, -0.15) is 0 Å². The molecule has 21 heavy (non-hydrogen) atoms. The molecule has 1 rings (SSSR count). The SMILES string of the molecule is COc1ccc(CC(=O)NCC(=O)NC(C)C)cc1OC. The van der Waals surface area contributed by atoms with Gasteiger partial charge in [-0.15, -0.1) is 0 Å². The number of rotatable bonds is 7. The molecule has 116 valence electrons. The van der Waals surface area contributed by atoms with Crippen LogP contribution in [0.25, 0.3) is 0 Å². The van der Waals surface area contributed by atoms with Crippen LogP contribution in [0.2, 0.25) is 0 Å². The van der Waals surface area contributed by atoms with Crippen molar-refractivity contribution >= 4 is 11.8 Å². The molecule has 0 aliphatic heterocycles. The molecule has 0 aliphatic carbocycles. The van der Waals surface area contributed by atoms with Crippen LogP contribution in [0, 0.1) is 0 Å². The Morgan fingerprint density at radius 2 is 1.76 bits per heavy atom. The highest BCUT2D eigenvalue weighted by atomic mass is 16.5. The number of methoxy groups -OCH3 is 2. The van der Waals surface area contributed by atoms with Crippen LogP contribution < -0.4 is 20.1 Å². The van der Waals surface area contributed by atoms with Crippen molar-refractivity contribution in [1.82, 2.24) is 10.6 Å². The second-order valence-corrected chi connectivity index (χ2v) is 4.87. The monoisotopic (exact) mass is 294 g/mol. The molecule has 2 N–H and O–H groups in total. The summed E-state index contributed by atoms with van der Waals surface area (Å²) in [5.41, 5.74) is 0.786. The number of carbonyl (C=O) groups is 2. The molecule has 0 spiro atoms. The van der Waals surface area contributed by atoms with E-state index in [1.165, 1.54) is 7.11 Å². The van der Waals surface area contributed by atoms with Crippen molar-refractivity contribution in [2.45, 2.75) is 26.3 Å². The predicted octanol–water partition coefficient (Wildman–Crippen LogP) is 0.887. The van der Waals surface area contributed by atoms with Gasteiger partial charge >= 0.3 is 0 Å². The van der Waals surface area contributed by atoms with Gasteiger partial charge in [0.05, 0.1) is 27.2 Å². The molecular formula is C15H22N2O4. The van der Waals surface area contributed by atoms with E-state index in [4.69, 9.17) is 9.47 Å². The highest BCUT2D eigenvalue weighted by Gasteiger charge is 2.10. The van der Waals surface area contributed by atoms with E-state index in [1.807, 2.05) is 13.8 Å². The van der Waals surface area contributed by atoms with Gasteiger partial charge in [-0.1, -0.05) is 6.07 Å². The zero-order valence-corrected chi connectivity index (χ0v) is 12.9. The Kier molecular flexibility index (Phi) is 6.52.